The van der Waals surface area contributed by atoms with Crippen molar-refractivity contribution in [2.75, 3.05) is 17.1 Å². The van der Waals surface area contributed by atoms with E-state index in [0.717, 1.165) is 10.6 Å². The number of hydrogen-bond donors (Lipinski definition) is 1. The van der Waals surface area contributed by atoms with Crippen LogP contribution in [0.4, 0.5) is 5.69 Å². The third kappa shape index (κ3) is 7.50. The van der Waals surface area contributed by atoms with Crippen molar-refractivity contribution in [2.45, 2.75) is 45.8 Å². The van der Waals surface area contributed by atoms with Gasteiger partial charge in [-0.3, -0.25) is 13.9 Å². The van der Waals surface area contributed by atoms with E-state index in [1.54, 1.807) is 37.3 Å². The van der Waals surface area contributed by atoms with Crippen molar-refractivity contribution < 1.29 is 18.0 Å². The zero-order valence-electron chi connectivity index (χ0n) is 19.4. The van der Waals surface area contributed by atoms with Crippen LogP contribution in [0.2, 0.25) is 15.1 Å². The number of amides is 2. The Kier molecular flexibility index (Phi) is 10.1. The van der Waals surface area contributed by atoms with Crippen molar-refractivity contribution in [1.29, 1.82) is 0 Å². The monoisotopic (exact) mass is 547 g/mol. The third-order valence-corrected chi connectivity index (χ3v) is 7.42. The molecular formula is C23H28Cl3N3O4S. The van der Waals surface area contributed by atoms with Gasteiger partial charge in [0.25, 0.3) is 0 Å². The molecule has 0 radical (unpaired) electrons. The van der Waals surface area contributed by atoms with Crippen molar-refractivity contribution in [3.63, 3.8) is 0 Å². The molecule has 0 bridgehead atoms. The van der Waals surface area contributed by atoms with Gasteiger partial charge in [-0.15, -0.1) is 0 Å². The number of anilines is 1. The van der Waals surface area contributed by atoms with Crippen LogP contribution < -0.4 is 9.62 Å². The fourth-order valence-electron chi connectivity index (χ4n) is 3.15. The average Bonchev–Trinajstić information content (AvgIpc) is 2.75. The van der Waals surface area contributed by atoms with Gasteiger partial charge in [0.1, 0.15) is 12.6 Å². The molecule has 0 fully saturated rings. The van der Waals surface area contributed by atoms with Gasteiger partial charge < -0.3 is 10.2 Å². The zero-order valence-corrected chi connectivity index (χ0v) is 22.5. The number of rotatable bonds is 10. The van der Waals surface area contributed by atoms with E-state index in [0.29, 0.717) is 27.1 Å². The molecule has 0 heterocycles. The van der Waals surface area contributed by atoms with Gasteiger partial charge >= 0.3 is 0 Å². The highest BCUT2D eigenvalue weighted by Crippen LogP contribution is 2.27. The summed E-state index contributed by atoms with van der Waals surface area (Å²) >= 11 is 18.7. The van der Waals surface area contributed by atoms with Gasteiger partial charge in [0.2, 0.25) is 21.8 Å². The summed E-state index contributed by atoms with van der Waals surface area (Å²) in [6.45, 7) is 4.73. The summed E-state index contributed by atoms with van der Waals surface area (Å²) in [4.78, 5) is 27.7. The summed E-state index contributed by atoms with van der Waals surface area (Å²) in [7, 11) is -3.85. The average molecular weight is 549 g/mol. The molecule has 1 N–H and O–H groups in total. The number of carbonyl (C=O) groups excluding carboxylic acids is 2. The van der Waals surface area contributed by atoms with E-state index in [2.05, 4.69) is 5.32 Å². The van der Waals surface area contributed by atoms with Crippen LogP contribution in [0.5, 0.6) is 0 Å². The van der Waals surface area contributed by atoms with Crippen LogP contribution in [-0.4, -0.2) is 50.0 Å². The van der Waals surface area contributed by atoms with E-state index in [1.807, 2.05) is 13.8 Å². The van der Waals surface area contributed by atoms with Gasteiger partial charge in [-0.05, 0) is 50.6 Å². The molecule has 2 aromatic rings. The lowest BCUT2D eigenvalue weighted by atomic mass is 10.1. The molecule has 0 aliphatic carbocycles. The number of halogens is 3. The summed E-state index contributed by atoms with van der Waals surface area (Å²) < 4.78 is 26.0. The minimum Gasteiger partial charge on any atom is -0.352 e. The van der Waals surface area contributed by atoms with E-state index in [9.17, 15) is 18.0 Å². The van der Waals surface area contributed by atoms with Crippen LogP contribution in [0.15, 0.2) is 42.5 Å². The Morgan fingerprint density at radius 2 is 1.62 bits per heavy atom. The molecule has 0 spiro atoms. The number of hydrogen-bond acceptors (Lipinski definition) is 4. The molecule has 186 valence electrons. The first kappa shape index (κ1) is 28.2. The van der Waals surface area contributed by atoms with Crippen molar-refractivity contribution >= 4 is 62.3 Å². The lowest BCUT2D eigenvalue weighted by Crippen LogP contribution is -2.52. The summed E-state index contributed by atoms with van der Waals surface area (Å²) in [5.41, 5.74) is 0.687. The lowest BCUT2D eigenvalue weighted by molar-refractivity contribution is -0.139. The normalized spacial score (nSPS) is 13.1. The smallest absolute Gasteiger partial charge is 0.244 e. The van der Waals surface area contributed by atoms with E-state index >= 15 is 0 Å². The van der Waals surface area contributed by atoms with Crippen molar-refractivity contribution in [3.8, 4) is 0 Å². The van der Waals surface area contributed by atoms with E-state index in [1.165, 1.54) is 17.0 Å². The van der Waals surface area contributed by atoms with Crippen LogP contribution >= 0.6 is 34.8 Å². The molecule has 2 aromatic carbocycles. The van der Waals surface area contributed by atoms with Crippen LogP contribution in [0.3, 0.4) is 0 Å². The predicted molar refractivity (Wildman–Crippen MR) is 138 cm³/mol. The second-order valence-electron chi connectivity index (χ2n) is 7.97. The summed E-state index contributed by atoms with van der Waals surface area (Å²) in [6.07, 6.45) is 1.70. The number of benzene rings is 2. The van der Waals surface area contributed by atoms with E-state index in [4.69, 9.17) is 34.8 Å². The van der Waals surface area contributed by atoms with Crippen molar-refractivity contribution in [2.24, 2.45) is 0 Å². The molecule has 0 saturated carbocycles. The molecule has 11 heteroatoms. The predicted octanol–water partition coefficient (Wildman–Crippen LogP) is 4.74. The van der Waals surface area contributed by atoms with Gasteiger partial charge in [0.05, 0.1) is 11.9 Å². The molecule has 0 aromatic heterocycles. The molecule has 2 rings (SSSR count). The standard InChI is InChI=1S/C23H28Cl3N3O4S/c1-5-15(2)27-23(31)16(3)28(13-19-20(25)10-7-11-21(19)26)22(30)14-29(34(4,32)33)18-9-6-8-17(24)12-18/h6-12,15-16H,5,13-14H2,1-4H3,(H,27,31). The van der Waals surface area contributed by atoms with Crippen molar-refractivity contribution in [3.05, 3.63) is 63.1 Å². The molecule has 0 aliphatic heterocycles. The first-order valence-electron chi connectivity index (χ1n) is 10.6. The van der Waals surface area contributed by atoms with Crippen LogP contribution in [0, 0.1) is 0 Å². The molecule has 2 amide bonds. The molecule has 0 saturated heterocycles. The maximum absolute atomic E-state index is 13.5. The summed E-state index contributed by atoms with van der Waals surface area (Å²) in [6, 6.07) is 10.1. The number of sulfonamides is 1. The largest absolute Gasteiger partial charge is 0.352 e. The Morgan fingerprint density at radius 1 is 1.03 bits per heavy atom. The summed E-state index contributed by atoms with van der Waals surface area (Å²) in [5.74, 6) is -0.979. The third-order valence-electron chi connectivity index (χ3n) is 5.33. The Bertz CT molecular complexity index is 1120. The quantitative estimate of drug-likeness (QED) is 0.464. The molecule has 2 atom stereocenters. The Balaban J connectivity index is 2.45. The second kappa shape index (κ2) is 12.1. The summed E-state index contributed by atoms with van der Waals surface area (Å²) in [5, 5.41) is 3.83. The molecule has 2 unspecified atom stereocenters. The first-order chi connectivity index (χ1) is 15.8. The van der Waals surface area contributed by atoms with Crippen LogP contribution in [0.1, 0.15) is 32.8 Å². The van der Waals surface area contributed by atoms with Crippen LogP contribution in [0.25, 0.3) is 0 Å². The number of carbonyl (C=O) groups is 2. The second-order valence-corrected chi connectivity index (χ2v) is 11.1. The first-order valence-corrected chi connectivity index (χ1v) is 13.6. The molecule has 34 heavy (non-hydrogen) atoms. The van der Waals surface area contributed by atoms with E-state index in [-0.39, 0.29) is 24.2 Å². The maximum atomic E-state index is 13.5. The van der Waals surface area contributed by atoms with Gasteiger partial charge in [-0.2, -0.15) is 0 Å². The molecular weight excluding hydrogens is 521 g/mol. The Hall–Kier alpha value is -2.00. The van der Waals surface area contributed by atoms with Gasteiger partial charge in [0.15, 0.2) is 0 Å². The Labute approximate surface area is 216 Å². The lowest BCUT2D eigenvalue weighted by Gasteiger charge is -2.32. The van der Waals surface area contributed by atoms with Gasteiger partial charge in [-0.25, -0.2) is 8.42 Å². The van der Waals surface area contributed by atoms with Gasteiger partial charge in [0, 0.05) is 33.2 Å². The molecule has 0 aliphatic rings. The highest BCUT2D eigenvalue weighted by Gasteiger charge is 2.31. The highest BCUT2D eigenvalue weighted by atomic mass is 35.5. The maximum Gasteiger partial charge on any atom is 0.244 e. The fourth-order valence-corrected chi connectivity index (χ4v) is 4.69. The molecule has 7 nitrogen and oxygen atoms in total. The zero-order chi connectivity index (χ0) is 25.6. The minimum absolute atomic E-state index is 0.0837. The SMILES string of the molecule is CCC(C)NC(=O)C(C)N(Cc1c(Cl)cccc1Cl)C(=O)CN(c1cccc(Cl)c1)S(C)(=O)=O. The number of nitrogens with one attached hydrogen (secondary N) is 1. The Morgan fingerprint density at radius 3 is 2.15 bits per heavy atom. The van der Waals surface area contributed by atoms with Crippen molar-refractivity contribution in [1.82, 2.24) is 10.2 Å². The fraction of sp³-hybridized carbons (Fsp3) is 0.391. The topological polar surface area (TPSA) is 86.8 Å². The number of nitrogens with zero attached hydrogens (tertiary/aromatic N) is 2. The highest BCUT2D eigenvalue weighted by molar-refractivity contribution is 7.92. The van der Waals surface area contributed by atoms with Gasteiger partial charge in [-0.1, -0.05) is 53.9 Å². The minimum atomic E-state index is -3.85. The van der Waals surface area contributed by atoms with E-state index < -0.39 is 28.5 Å². The van der Waals surface area contributed by atoms with Crippen LogP contribution in [-0.2, 0) is 26.2 Å².